The Morgan fingerprint density at radius 2 is 1.92 bits per heavy atom. The Hall–Kier alpha value is -3.84. The molecule has 5 rings (SSSR count). The molecule has 8 atom stereocenters. The number of allylic oxidation sites excluding steroid dienone is 1. The third-order valence-electron chi connectivity index (χ3n) is 10.1. The summed E-state index contributed by atoms with van der Waals surface area (Å²) in [5.41, 5.74) is 1.83. The van der Waals surface area contributed by atoms with Crippen LogP contribution in [0.2, 0.25) is 0 Å². The molecule has 0 aliphatic carbocycles. The van der Waals surface area contributed by atoms with E-state index < -0.39 is 53.6 Å². The number of benzene rings is 2. The largest absolute Gasteiger partial charge is 0.455 e. The number of carbonyl (C=O) groups is 4. The number of ether oxygens (including phenoxy) is 3. The van der Waals surface area contributed by atoms with Gasteiger partial charge in [-0.1, -0.05) is 70.5 Å². The average Bonchev–Trinajstić information content (AvgIpc) is 3.71. The van der Waals surface area contributed by atoms with E-state index in [1.54, 1.807) is 29.2 Å². The number of hydrogen-bond acceptors (Lipinski definition) is 8. The van der Waals surface area contributed by atoms with E-state index in [0.717, 1.165) is 11.1 Å². The molecule has 2 bridgehead atoms. The standard InChI is InChI=1S/C39H48BrN3O8/c1-6-8-15-30(45)41-28(23-49-5)33(26-13-10-9-11-14-26)50-38(48)31-32-36(46)43(19-12-20-44)35(39(32)22-27(40)34(31)51-39)37(47)42(18-7-2)29-21-24(3)16-17-25(29)4/h6-7,9-11,13-14,16-17,21,27-28,31-35,44H,1-2,8,12,15,18-20,22-23H2,3-5H3,(H,41,45)/t27?,28-,31+,32-,33-,34+,35+,39-/m1/s1. The summed E-state index contributed by atoms with van der Waals surface area (Å²) >= 11 is 3.73. The molecule has 3 fully saturated rings. The van der Waals surface area contributed by atoms with Crippen molar-refractivity contribution in [1.29, 1.82) is 0 Å². The number of aliphatic hydroxyl groups is 1. The molecular weight excluding hydrogens is 718 g/mol. The molecule has 2 N–H and O–H groups in total. The van der Waals surface area contributed by atoms with E-state index >= 15 is 0 Å². The van der Waals surface area contributed by atoms with Crippen molar-refractivity contribution in [3.05, 3.63) is 90.5 Å². The van der Waals surface area contributed by atoms with Crippen LogP contribution in [0.25, 0.3) is 0 Å². The van der Waals surface area contributed by atoms with Gasteiger partial charge in [-0.2, -0.15) is 0 Å². The van der Waals surface area contributed by atoms with Gasteiger partial charge in [0.2, 0.25) is 11.8 Å². The van der Waals surface area contributed by atoms with E-state index in [2.05, 4.69) is 34.4 Å². The molecule has 12 heteroatoms. The quantitative estimate of drug-likeness (QED) is 0.138. The van der Waals surface area contributed by atoms with Crippen LogP contribution in [0.4, 0.5) is 5.69 Å². The molecule has 11 nitrogen and oxygen atoms in total. The minimum atomic E-state index is -1.34. The van der Waals surface area contributed by atoms with Gasteiger partial charge in [0.25, 0.3) is 5.91 Å². The topological polar surface area (TPSA) is 135 Å². The Labute approximate surface area is 308 Å². The van der Waals surface area contributed by atoms with Crippen molar-refractivity contribution < 1.29 is 38.5 Å². The molecule has 3 amide bonds. The zero-order valence-corrected chi connectivity index (χ0v) is 31.0. The van der Waals surface area contributed by atoms with Crippen molar-refractivity contribution in [2.45, 2.75) is 74.3 Å². The van der Waals surface area contributed by atoms with Crippen LogP contribution in [-0.4, -0.2) is 95.7 Å². The number of anilines is 1. The SMILES string of the molecule is C=CCCC(=O)N[C@H](COC)[C@H](OC(=O)[C@@H]1[C@H]2O[C@@]3(CC2Br)[C@H](C(=O)N(CC=C)c2cc(C)ccc2C)N(CCCO)C(=O)[C@@H]13)c1ccccc1. The summed E-state index contributed by atoms with van der Waals surface area (Å²) < 4.78 is 18.5. The van der Waals surface area contributed by atoms with Crippen LogP contribution >= 0.6 is 15.9 Å². The second kappa shape index (κ2) is 16.7. The van der Waals surface area contributed by atoms with E-state index in [1.165, 1.54) is 12.0 Å². The number of rotatable bonds is 17. The Kier molecular flexibility index (Phi) is 12.5. The molecule has 2 aromatic carbocycles. The zero-order valence-electron chi connectivity index (χ0n) is 29.5. The van der Waals surface area contributed by atoms with Crippen LogP contribution in [0.15, 0.2) is 73.8 Å². The molecule has 0 radical (unpaired) electrons. The van der Waals surface area contributed by atoms with Gasteiger partial charge in [0, 0.05) is 43.7 Å². The first-order valence-corrected chi connectivity index (χ1v) is 18.3. The third-order valence-corrected chi connectivity index (χ3v) is 10.9. The fourth-order valence-corrected chi connectivity index (χ4v) is 8.82. The Morgan fingerprint density at radius 1 is 1.18 bits per heavy atom. The van der Waals surface area contributed by atoms with Gasteiger partial charge in [0.05, 0.1) is 30.6 Å². The highest BCUT2D eigenvalue weighted by atomic mass is 79.9. The van der Waals surface area contributed by atoms with Gasteiger partial charge in [0.15, 0.2) is 0 Å². The number of hydrogen-bond donors (Lipinski definition) is 2. The average molecular weight is 767 g/mol. The smallest absolute Gasteiger partial charge is 0.313 e. The second-order valence-corrected chi connectivity index (χ2v) is 14.7. The van der Waals surface area contributed by atoms with Gasteiger partial charge in [-0.25, -0.2) is 0 Å². The molecule has 274 valence electrons. The molecule has 51 heavy (non-hydrogen) atoms. The van der Waals surface area contributed by atoms with E-state index in [-0.39, 0.29) is 55.8 Å². The van der Waals surface area contributed by atoms with Gasteiger partial charge in [-0.3, -0.25) is 19.2 Å². The lowest BCUT2D eigenvalue weighted by Crippen LogP contribution is -2.57. The number of carbonyl (C=O) groups excluding carboxylic acids is 4. The lowest BCUT2D eigenvalue weighted by Gasteiger charge is -2.37. The Morgan fingerprint density at radius 3 is 2.59 bits per heavy atom. The third kappa shape index (κ3) is 7.55. The van der Waals surface area contributed by atoms with Gasteiger partial charge >= 0.3 is 5.97 Å². The molecule has 1 spiro atoms. The van der Waals surface area contributed by atoms with Crippen molar-refractivity contribution in [3.8, 4) is 0 Å². The maximum absolute atomic E-state index is 14.9. The second-order valence-electron chi connectivity index (χ2n) is 13.5. The number of amides is 3. The van der Waals surface area contributed by atoms with Gasteiger partial charge in [-0.15, -0.1) is 13.2 Å². The first-order valence-electron chi connectivity index (χ1n) is 17.4. The summed E-state index contributed by atoms with van der Waals surface area (Å²) in [5.74, 6) is -3.74. The van der Waals surface area contributed by atoms with E-state index in [0.29, 0.717) is 24.1 Å². The summed E-state index contributed by atoms with van der Waals surface area (Å²) in [6, 6.07) is 13.1. The van der Waals surface area contributed by atoms with Gasteiger partial charge in [0.1, 0.15) is 17.7 Å². The molecule has 0 saturated carbocycles. The first kappa shape index (κ1) is 38.4. The number of halogens is 1. The molecule has 3 aliphatic heterocycles. The Balaban J connectivity index is 1.53. The van der Waals surface area contributed by atoms with Gasteiger partial charge < -0.3 is 34.4 Å². The van der Waals surface area contributed by atoms with Crippen LogP contribution in [0.3, 0.4) is 0 Å². The maximum atomic E-state index is 14.9. The fraction of sp³-hybridized carbons (Fsp3) is 0.487. The number of alkyl halides is 1. The normalized spacial score (nSPS) is 25.9. The zero-order chi connectivity index (χ0) is 36.9. The van der Waals surface area contributed by atoms with Crippen molar-refractivity contribution in [3.63, 3.8) is 0 Å². The summed E-state index contributed by atoms with van der Waals surface area (Å²) in [4.78, 5) is 59.6. The molecule has 3 saturated heterocycles. The van der Waals surface area contributed by atoms with Crippen molar-refractivity contribution in [1.82, 2.24) is 10.2 Å². The molecular formula is C39H48BrN3O8. The number of aryl methyl sites for hydroxylation is 2. The summed E-state index contributed by atoms with van der Waals surface area (Å²) in [7, 11) is 1.50. The fourth-order valence-electron chi connectivity index (χ4n) is 7.88. The van der Waals surface area contributed by atoms with Crippen LogP contribution in [-0.2, 0) is 33.4 Å². The van der Waals surface area contributed by atoms with Crippen LogP contribution in [0.5, 0.6) is 0 Å². The summed E-state index contributed by atoms with van der Waals surface area (Å²) in [5, 5.41) is 12.8. The number of nitrogens with zero attached hydrogens (tertiary/aromatic N) is 2. The van der Waals surface area contributed by atoms with Crippen molar-refractivity contribution >= 4 is 45.3 Å². The van der Waals surface area contributed by atoms with E-state index in [1.807, 2.05) is 50.2 Å². The highest BCUT2D eigenvalue weighted by Gasteiger charge is 2.77. The molecule has 1 unspecified atom stereocenters. The van der Waals surface area contributed by atoms with Crippen LogP contribution < -0.4 is 10.2 Å². The number of fused-ring (bicyclic) bond motifs is 1. The van der Waals surface area contributed by atoms with Crippen molar-refractivity contribution in [2.24, 2.45) is 11.8 Å². The molecule has 0 aromatic heterocycles. The molecule has 3 heterocycles. The van der Waals surface area contributed by atoms with Crippen LogP contribution in [0, 0.1) is 25.7 Å². The minimum Gasteiger partial charge on any atom is -0.455 e. The number of methoxy groups -OCH3 is 1. The molecule has 2 aromatic rings. The highest BCUT2D eigenvalue weighted by molar-refractivity contribution is 9.09. The maximum Gasteiger partial charge on any atom is 0.313 e. The highest BCUT2D eigenvalue weighted by Crippen LogP contribution is 2.60. The lowest BCUT2D eigenvalue weighted by atomic mass is 9.70. The number of likely N-dealkylation sites (tertiary alicyclic amines) is 1. The number of aliphatic hydroxyl groups excluding tert-OH is 1. The number of nitrogens with one attached hydrogen (secondary N) is 1. The minimum absolute atomic E-state index is 0.0493. The lowest BCUT2D eigenvalue weighted by molar-refractivity contribution is -0.163. The summed E-state index contributed by atoms with van der Waals surface area (Å²) in [6.07, 6.45) is 2.80. The van der Waals surface area contributed by atoms with E-state index in [4.69, 9.17) is 14.2 Å². The predicted octanol–water partition coefficient (Wildman–Crippen LogP) is 4.33. The molecule has 3 aliphatic rings. The monoisotopic (exact) mass is 765 g/mol. The van der Waals surface area contributed by atoms with E-state index in [9.17, 15) is 24.3 Å². The van der Waals surface area contributed by atoms with Gasteiger partial charge in [-0.05, 0) is 55.9 Å². The summed E-state index contributed by atoms with van der Waals surface area (Å²) in [6.45, 7) is 11.6. The predicted molar refractivity (Wildman–Crippen MR) is 196 cm³/mol. The van der Waals surface area contributed by atoms with Crippen molar-refractivity contribution in [2.75, 3.05) is 38.3 Å². The number of esters is 1. The van der Waals surface area contributed by atoms with Crippen LogP contribution in [0.1, 0.15) is 48.5 Å². The first-order chi connectivity index (χ1) is 24.5. The Bertz CT molecular complexity index is 1620.